The Morgan fingerprint density at radius 3 is 2.55 bits per heavy atom. The van der Waals surface area contributed by atoms with Gasteiger partial charge in [-0.3, -0.25) is 9.59 Å². The highest BCUT2D eigenvalue weighted by Crippen LogP contribution is 2.41. The average Bonchev–Trinajstić information content (AvgIpc) is 3.44. The van der Waals surface area contributed by atoms with E-state index >= 15 is 0 Å². The first kappa shape index (κ1) is 22.8. The number of nitrogens with zero attached hydrogens (tertiary/aromatic N) is 1. The van der Waals surface area contributed by atoms with Gasteiger partial charge in [0.2, 0.25) is 0 Å². The number of likely N-dealkylation sites (tertiary alicyclic amines) is 1. The number of aliphatic hydroxyl groups excluding tert-OH is 1. The van der Waals surface area contributed by atoms with Crippen molar-refractivity contribution in [1.29, 1.82) is 0 Å². The minimum atomic E-state index is -0.689. The van der Waals surface area contributed by atoms with Crippen molar-refractivity contribution in [2.24, 2.45) is 0 Å². The van der Waals surface area contributed by atoms with Crippen molar-refractivity contribution in [3.63, 3.8) is 0 Å². The third-order valence-corrected chi connectivity index (χ3v) is 6.52. The van der Waals surface area contributed by atoms with Crippen molar-refractivity contribution in [3.05, 3.63) is 93.2 Å². The number of rotatable bonds is 8. The lowest BCUT2D eigenvalue weighted by molar-refractivity contribution is -0.140. The number of hydrogen-bond acceptors (Lipinski definition) is 6. The Morgan fingerprint density at radius 1 is 1.09 bits per heavy atom. The van der Waals surface area contributed by atoms with E-state index < -0.39 is 17.7 Å². The molecule has 4 rings (SSSR count). The number of carbonyl (C=O) groups is 2. The standard InChI is InChI=1S/C26H25NO5S/c1-17-15-19(32-16-18-7-4-3-5-8-18)10-11-20(17)24(28)22-23(21-9-6-14-33-21)27(12-13-31-2)26(30)25(22)29/h3-11,14-15,23,28H,12-13,16H2,1-2H3/b24-22+. The Labute approximate surface area is 196 Å². The van der Waals surface area contributed by atoms with E-state index in [1.807, 2.05) is 60.8 Å². The number of ether oxygens (including phenoxy) is 2. The number of amides is 1. The van der Waals surface area contributed by atoms with E-state index in [0.717, 1.165) is 16.0 Å². The van der Waals surface area contributed by atoms with E-state index in [1.165, 1.54) is 16.2 Å². The van der Waals surface area contributed by atoms with Crippen LogP contribution in [0.2, 0.25) is 0 Å². The van der Waals surface area contributed by atoms with Crippen LogP contribution < -0.4 is 4.74 Å². The lowest BCUT2D eigenvalue weighted by Gasteiger charge is -2.23. The molecule has 6 nitrogen and oxygen atoms in total. The average molecular weight is 464 g/mol. The van der Waals surface area contributed by atoms with Gasteiger partial charge in [-0.25, -0.2) is 0 Å². The summed E-state index contributed by atoms with van der Waals surface area (Å²) in [5.74, 6) is -0.847. The Bertz CT molecular complexity index is 1170. The molecule has 0 saturated carbocycles. The van der Waals surface area contributed by atoms with Gasteiger partial charge < -0.3 is 19.5 Å². The van der Waals surface area contributed by atoms with Crippen molar-refractivity contribution in [1.82, 2.24) is 4.90 Å². The number of ketones is 1. The molecule has 1 saturated heterocycles. The van der Waals surface area contributed by atoms with E-state index in [9.17, 15) is 14.7 Å². The summed E-state index contributed by atoms with van der Waals surface area (Å²) in [5.41, 5.74) is 2.38. The number of aryl methyl sites for hydroxylation is 1. The number of methoxy groups -OCH3 is 1. The number of Topliss-reactive ketones (excluding diaryl/α,β-unsaturated/α-hetero) is 1. The molecule has 33 heavy (non-hydrogen) atoms. The number of aliphatic hydroxyl groups is 1. The molecular formula is C26H25NO5S. The quantitative estimate of drug-likeness (QED) is 0.298. The largest absolute Gasteiger partial charge is 0.507 e. The Balaban J connectivity index is 1.66. The lowest BCUT2D eigenvalue weighted by Crippen LogP contribution is -2.32. The minimum Gasteiger partial charge on any atom is -0.507 e. The Morgan fingerprint density at radius 2 is 1.88 bits per heavy atom. The molecular weight excluding hydrogens is 438 g/mol. The predicted molar refractivity (Wildman–Crippen MR) is 127 cm³/mol. The normalized spacial score (nSPS) is 17.5. The summed E-state index contributed by atoms with van der Waals surface area (Å²) in [5, 5.41) is 13.1. The van der Waals surface area contributed by atoms with Gasteiger partial charge in [0.25, 0.3) is 11.7 Å². The van der Waals surface area contributed by atoms with Crippen molar-refractivity contribution >= 4 is 28.8 Å². The van der Waals surface area contributed by atoms with Crippen molar-refractivity contribution in [2.75, 3.05) is 20.3 Å². The molecule has 1 N–H and O–H groups in total. The number of thiophene rings is 1. The third-order valence-electron chi connectivity index (χ3n) is 5.59. The van der Waals surface area contributed by atoms with Gasteiger partial charge in [-0.15, -0.1) is 11.3 Å². The van der Waals surface area contributed by atoms with Crippen LogP contribution in [0.1, 0.15) is 27.6 Å². The summed E-state index contributed by atoms with van der Waals surface area (Å²) in [6.07, 6.45) is 0. The van der Waals surface area contributed by atoms with Crippen molar-refractivity contribution in [3.8, 4) is 5.75 Å². The fourth-order valence-electron chi connectivity index (χ4n) is 3.92. The number of carbonyl (C=O) groups excluding carboxylic acids is 2. The predicted octanol–water partition coefficient (Wildman–Crippen LogP) is 4.70. The van der Waals surface area contributed by atoms with Gasteiger partial charge >= 0.3 is 0 Å². The summed E-state index contributed by atoms with van der Waals surface area (Å²) in [6.45, 7) is 2.81. The highest BCUT2D eigenvalue weighted by Gasteiger charge is 2.46. The molecule has 0 aliphatic carbocycles. The molecule has 7 heteroatoms. The second-order valence-electron chi connectivity index (χ2n) is 7.75. The molecule has 1 aromatic heterocycles. The minimum absolute atomic E-state index is 0.0969. The van der Waals surface area contributed by atoms with E-state index in [0.29, 0.717) is 24.5 Å². The van der Waals surface area contributed by atoms with Crippen LogP contribution in [0.15, 0.2) is 71.6 Å². The van der Waals surface area contributed by atoms with Gasteiger partial charge in [0.15, 0.2) is 0 Å². The summed E-state index contributed by atoms with van der Waals surface area (Å²) >= 11 is 1.44. The summed E-state index contributed by atoms with van der Waals surface area (Å²) in [4.78, 5) is 28.0. The molecule has 2 heterocycles. The van der Waals surface area contributed by atoms with Crippen LogP contribution in [0.25, 0.3) is 5.76 Å². The van der Waals surface area contributed by atoms with Crippen LogP contribution in [-0.4, -0.2) is 42.0 Å². The molecule has 1 unspecified atom stereocenters. The fraction of sp³-hybridized carbons (Fsp3) is 0.231. The first-order chi connectivity index (χ1) is 16.0. The molecule has 1 aliphatic heterocycles. The van der Waals surface area contributed by atoms with Gasteiger partial charge in [-0.05, 0) is 47.7 Å². The SMILES string of the molecule is COCCN1C(=O)C(=O)/C(=C(/O)c2ccc(OCc3ccccc3)cc2C)C1c1cccs1. The van der Waals surface area contributed by atoms with Crippen LogP contribution in [0.4, 0.5) is 0 Å². The summed E-state index contributed by atoms with van der Waals surface area (Å²) < 4.78 is 11.0. The Hall–Kier alpha value is -3.42. The highest BCUT2D eigenvalue weighted by molar-refractivity contribution is 7.10. The van der Waals surface area contributed by atoms with E-state index in [4.69, 9.17) is 9.47 Å². The van der Waals surface area contributed by atoms with Crippen molar-refractivity contribution < 1.29 is 24.2 Å². The van der Waals surface area contributed by atoms with E-state index in [2.05, 4.69) is 0 Å². The first-order valence-electron chi connectivity index (χ1n) is 10.6. The van der Waals surface area contributed by atoms with Gasteiger partial charge in [0, 0.05) is 24.1 Å². The maximum absolute atomic E-state index is 13.0. The van der Waals surface area contributed by atoms with Crippen LogP contribution in [0, 0.1) is 6.92 Å². The molecule has 0 spiro atoms. The van der Waals surface area contributed by atoms with Gasteiger partial charge in [-0.1, -0.05) is 36.4 Å². The fourth-order valence-corrected chi connectivity index (χ4v) is 4.77. The lowest BCUT2D eigenvalue weighted by atomic mass is 9.97. The van der Waals surface area contributed by atoms with Crippen LogP contribution >= 0.6 is 11.3 Å². The maximum Gasteiger partial charge on any atom is 0.295 e. The molecule has 2 aromatic carbocycles. The molecule has 1 aliphatic rings. The molecule has 1 atom stereocenters. The zero-order valence-corrected chi connectivity index (χ0v) is 19.3. The van der Waals surface area contributed by atoms with E-state index in [1.54, 1.807) is 19.2 Å². The third kappa shape index (κ3) is 4.69. The zero-order chi connectivity index (χ0) is 23.4. The molecule has 0 radical (unpaired) electrons. The highest BCUT2D eigenvalue weighted by atomic mass is 32.1. The smallest absolute Gasteiger partial charge is 0.295 e. The van der Waals surface area contributed by atoms with Crippen LogP contribution in [0.5, 0.6) is 5.75 Å². The van der Waals surface area contributed by atoms with Gasteiger partial charge in [-0.2, -0.15) is 0 Å². The molecule has 170 valence electrons. The zero-order valence-electron chi connectivity index (χ0n) is 18.5. The monoisotopic (exact) mass is 463 g/mol. The van der Waals surface area contributed by atoms with Gasteiger partial charge in [0.1, 0.15) is 18.1 Å². The molecule has 1 amide bonds. The number of hydrogen-bond donors (Lipinski definition) is 1. The second-order valence-corrected chi connectivity index (χ2v) is 8.73. The van der Waals surface area contributed by atoms with Crippen molar-refractivity contribution in [2.45, 2.75) is 19.6 Å². The molecule has 0 bridgehead atoms. The summed E-state index contributed by atoms with van der Waals surface area (Å²) in [7, 11) is 1.54. The summed E-state index contributed by atoms with van der Waals surface area (Å²) in [6, 6.07) is 18.2. The van der Waals surface area contributed by atoms with Gasteiger partial charge in [0.05, 0.1) is 18.2 Å². The van der Waals surface area contributed by atoms with Crippen LogP contribution in [0.3, 0.4) is 0 Å². The van der Waals surface area contributed by atoms with E-state index in [-0.39, 0.29) is 17.9 Å². The topological polar surface area (TPSA) is 76.1 Å². The first-order valence-corrected chi connectivity index (χ1v) is 11.5. The number of benzene rings is 2. The molecule has 1 fully saturated rings. The van der Waals surface area contributed by atoms with Crippen LogP contribution in [-0.2, 0) is 20.9 Å². The maximum atomic E-state index is 13.0. The molecule has 3 aromatic rings. The second kappa shape index (κ2) is 10.0. The Kier molecular flexibility index (Phi) is 6.91.